The van der Waals surface area contributed by atoms with Gasteiger partial charge in [0.1, 0.15) is 11.6 Å². The van der Waals surface area contributed by atoms with Crippen molar-refractivity contribution in [3.63, 3.8) is 0 Å². The van der Waals surface area contributed by atoms with Crippen molar-refractivity contribution < 1.29 is 14.3 Å². The molecule has 0 unspecified atom stereocenters. The van der Waals surface area contributed by atoms with E-state index in [1.165, 1.54) is 11.6 Å². The van der Waals surface area contributed by atoms with E-state index in [1.54, 1.807) is 0 Å². The summed E-state index contributed by atoms with van der Waals surface area (Å²) in [6, 6.07) is 15.1. The first-order chi connectivity index (χ1) is 13.3. The molecule has 0 spiro atoms. The number of ether oxygens (including phenoxy) is 1. The van der Waals surface area contributed by atoms with Crippen LogP contribution >= 0.6 is 0 Å². The summed E-state index contributed by atoms with van der Waals surface area (Å²) < 4.78 is 4.99. The number of esters is 1. The zero-order valence-electron chi connectivity index (χ0n) is 16.6. The molecule has 2 aromatic carbocycles. The molecule has 0 aliphatic rings. The maximum atomic E-state index is 12.1. The summed E-state index contributed by atoms with van der Waals surface area (Å²) >= 11 is 0. The Morgan fingerprint density at radius 3 is 2.43 bits per heavy atom. The van der Waals surface area contributed by atoms with E-state index in [2.05, 4.69) is 19.2 Å². The molecule has 0 heterocycles. The number of amides is 1. The standard InChI is InChI=1S/C23H24N2O3/c1-15(2)19-9-7-18(8-10-19)12-20(13-24)23(27)28-14-22(26)25-21-11-16(3)5-6-17(21)4/h5-12,15H,14H2,1-4H3,(H,25,26)/b20-12+. The van der Waals surface area contributed by atoms with Crippen molar-refractivity contribution in [3.8, 4) is 6.07 Å². The topological polar surface area (TPSA) is 79.2 Å². The third kappa shape index (κ3) is 5.82. The van der Waals surface area contributed by atoms with E-state index < -0.39 is 18.5 Å². The summed E-state index contributed by atoms with van der Waals surface area (Å²) in [5.74, 6) is -0.888. The van der Waals surface area contributed by atoms with Gasteiger partial charge in [-0.25, -0.2) is 4.79 Å². The molecule has 0 atom stereocenters. The van der Waals surface area contributed by atoms with Crippen molar-refractivity contribution in [3.05, 3.63) is 70.3 Å². The first kappa shape index (κ1) is 20.9. The number of benzene rings is 2. The molecule has 5 heteroatoms. The fourth-order valence-electron chi connectivity index (χ4n) is 2.55. The van der Waals surface area contributed by atoms with Crippen LogP contribution in [-0.4, -0.2) is 18.5 Å². The molecule has 144 valence electrons. The first-order valence-corrected chi connectivity index (χ1v) is 9.06. The van der Waals surface area contributed by atoms with Gasteiger partial charge in [-0.2, -0.15) is 5.26 Å². The molecule has 0 aliphatic carbocycles. The molecule has 0 fully saturated rings. The molecule has 0 saturated heterocycles. The molecule has 0 aromatic heterocycles. The highest BCUT2D eigenvalue weighted by molar-refractivity contribution is 6.00. The van der Waals surface area contributed by atoms with Gasteiger partial charge in [-0.1, -0.05) is 50.2 Å². The van der Waals surface area contributed by atoms with Crippen LogP contribution < -0.4 is 5.32 Å². The average Bonchev–Trinajstić information content (AvgIpc) is 2.67. The van der Waals surface area contributed by atoms with Gasteiger partial charge in [0.05, 0.1) is 0 Å². The number of hydrogen-bond acceptors (Lipinski definition) is 4. The van der Waals surface area contributed by atoms with Gasteiger partial charge >= 0.3 is 5.97 Å². The van der Waals surface area contributed by atoms with Crippen molar-refractivity contribution in [1.82, 2.24) is 0 Å². The van der Waals surface area contributed by atoms with Crippen LogP contribution in [0.5, 0.6) is 0 Å². The van der Waals surface area contributed by atoms with E-state index in [9.17, 15) is 14.9 Å². The van der Waals surface area contributed by atoms with E-state index >= 15 is 0 Å². The van der Waals surface area contributed by atoms with E-state index in [0.29, 0.717) is 11.6 Å². The minimum atomic E-state index is -0.827. The lowest BCUT2D eigenvalue weighted by molar-refractivity contribution is -0.142. The van der Waals surface area contributed by atoms with Crippen LogP contribution in [0.2, 0.25) is 0 Å². The highest BCUT2D eigenvalue weighted by Gasteiger charge is 2.14. The molecule has 2 rings (SSSR count). The third-order valence-corrected chi connectivity index (χ3v) is 4.26. The van der Waals surface area contributed by atoms with Crippen LogP contribution in [0.4, 0.5) is 5.69 Å². The van der Waals surface area contributed by atoms with Crippen LogP contribution in [0, 0.1) is 25.2 Å². The second kappa shape index (κ2) is 9.52. The van der Waals surface area contributed by atoms with Crippen molar-refractivity contribution in [2.45, 2.75) is 33.6 Å². The normalized spacial score (nSPS) is 11.1. The number of nitriles is 1. The molecule has 5 nitrogen and oxygen atoms in total. The number of nitrogens with zero attached hydrogens (tertiary/aromatic N) is 1. The van der Waals surface area contributed by atoms with Crippen molar-refractivity contribution in [2.75, 3.05) is 11.9 Å². The van der Waals surface area contributed by atoms with E-state index in [0.717, 1.165) is 16.7 Å². The number of nitrogens with one attached hydrogen (secondary N) is 1. The lowest BCUT2D eigenvalue weighted by Gasteiger charge is -2.09. The van der Waals surface area contributed by atoms with Gasteiger partial charge in [-0.05, 0) is 54.2 Å². The van der Waals surface area contributed by atoms with Crippen LogP contribution in [0.3, 0.4) is 0 Å². The maximum absolute atomic E-state index is 12.1. The zero-order valence-corrected chi connectivity index (χ0v) is 16.6. The average molecular weight is 376 g/mol. The van der Waals surface area contributed by atoms with Gasteiger partial charge < -0.3 is 10.1 Å². The molecule has 0 bridgehead atoms. The number of carbonyl (C=O) groups is 2. The van der Waals surface area contributed by atoms with Crippen molar-refractivity contribution >= 4 is 23.6 Å². The molecular formula is C23H24N2O3. The Hall–Kier alpha value is -3.39. The van der Waals surface area contributed by atoms with Crippen LogP contribution in [0.25, 0.3) is 6.08 Å². The second-order valence-electron chi connectivity index (χ2n) is 6.93. The molecule has 28 heavy (non-hydrogen) atoms. The predicted molar refractivity (Wildman–Crippen MR) is 110 cm³/mol. The fraction of sp³-hybridized carbons (Fsp3) is 0.261. The highest BCUT2D eigenvalue weighted by atomic mass is 16.5. The molecule has 0 radical (unpaired) electrons. The second-order valence-corrected chi connectivity index (χ2v) is 6.93. The third-order valence-electron chi connectivity index (χ3n) is 4.26. The van der Waals surface area contributed by atoms with Crippen LogP contribution in [-0.2, 0) is 14.3 Å². The molecule has 1 N–H and O–H groups in total. The number of hydrogen-bond donors (Lipinski definition) is 1. The highest BCUT2D eigenvalue weighted by Crippen LogP contribution is 2.17. The summed E-state index contributed by atoms with van der Waals surface area (Å²) in [7, 11) is 0. The Labute approximate surface area is 165 Å². The van der Waals surface area contributed by atoms with E-state index in [-0.39, 0.29) is 5.57 Å². The predicted octanol–water partition coefficient (Wildman–Crippen LogP) is 4.52. The summed E-state index contributed by atoms with van der Waals surface area (Å²) in [6.07, 6.45) is 1.45. The Morgan fingerprint density at radius 1 is 1.14 bits per heavy atom. The molecule has 0 saturated carbocycles. The first-order valence-electron chi connectivity index (χ1n) is 9.06. The summed E-state index contributed by atoms with van der Waals surface area (Å²) in [5, 5.41) is 12.0. The molecular weight excluding hydrogens is 352 g/mol. The van der Waals surface area contributed by atoms with Gasteiger partial charge in [-0.3, -0.25) is 4.79 Å². The quantitative estimate of drug-likeness (QED) is 0.457. The smallest absolute Gasteiger partial charge is 0.349 e. The van der Waals surface area contributed by atoms with Gasteiger partial charge in [0.2, 0.25) is 0 Å². The summed E-state index contributed by atoms with van der Waals surface area (Å²) in [4.78, 5) is 24.2. The lowest BCUT2D eigenvalue weighted by Crippen LogP contribution is -2.21. The van der Waals surface area contributed by atoms with Gasteiger partial charge in [0, 0.05) is 5.69 Å². The van der Waals surface area contributed by atoms with Crippen LogP contribution in [0.1, 0.15) is 42.0 Å². The monoisotopic (exact) mass is 376 g/mol. The van der Waals surface area contributed by atoms with E-state index in [4.69, 9.17) is 4.74 Å². The van der Waals surface area contributed by atoms with Crippen molar-refractivity contribution in [1.29, 1.82) is 5.26 Å². The van der Waals surface area contributed by atoms with E-state index in [1.807, 2.05) is 62.4 Å². The van der Waals surface area contributed by atoms with Gasteiger partial charge in [-0.15, -0.1) is 0 Å². The summed E-state index contributed by atoms with van der Waals surface area (Å²) in [5.41, 5.74) is 4.32. The Morgan fingerprint density at radius 2 is 1.82 bits per heavy atom. The lowest BCUT2D eigenvalue weighted by atomic mass is 10.0. The maximum Gasteiger partial charge on any atom is 0.349 e. The zero-order chi connectivity index (χ0) is 20.7. The van der Waals surface area contributed by atoms with Gasteiger partial charge in [0.25, 0.3) is 5.91 Å². The number of anilines is 1. The number of aryl methyl sites for hydroxylation is 2. The Kier molecular flexibility index (Phi) is 7.11. The number of rotatable bonds is 6. The Balaban J connectivity index is 1.99. The Bertz CT molecular complexity index is 935. The molecule has 2 aromatic rings. The largest absolute Gasteiger partial charge is 0.451 e. The molecule has 0 aliphatic heterocycles. The number of carbonyl (C=O) groups excluding carboxylic acids is 2. The summed E-state index contributed by atoms with van der Waals surface area (Å²) in [6.45, 7) is 7.52. The minimum absolute atomic E-state index is 0.156. The van der Waals surface area contributed by atoms with Crippen LogP contribution in [0.15, 0.2) is 48.0 Å². The van der Waals surface area contributed by atoms with Crippen molar-refractivity contribution in [2.24, 2.45) is 0 Å². The molecule has 1 amide bonds. The SMILES string of the molecule is Cc1ccc(C)c(NC(=O)COC(=O)/C(C#N)=C/c2ccc(C(C)C)cc2)c1. The van der Waals surface area contributed by atoms with Gasteiger partial charge in [0.15, 0.2) is 6.61 Å². The minimum Gasteiger partial charge on any atom is -0.451 e. The fourth-order valence-corrected chi connectivity index (χ4v) is 2.55.